The maximum Gasteiger partial charge on any atom is 0.251 e. The molecular formula is C15H20F2N2O. The molecule has 1 aliphatic rings. The summed E-state index contributed by atoms with van der Waals surface area (Å²) in [5.74, 6) is -2.27. The maximum absolute atomic E-state index is 13.1. The Kier molecular flexibility index (Phi) is 4.70. The van der Waals surface area contributed by atoms with Gasteiger partial charge >= 0.3 is 0 Å². The molecule has 1 heterocycles. The standard InChI is InChI=1S/C15H20F2N2O/c1-10(2)19-7-5-12(6-8-19)18-15(20)11-3-4-13(16)14(17)9-11/h3-4,9-10,12H,5-8H2,1-2H3,(H,18,20). The summed E-state index contributed by atoms with van der Waals surface area (Å²) in [5, 5.41) is 2.89. The fourth-order valence-corrected chi connectivity index (χ4v) is 2.47. The van der Waals surface area contributed by atoms with Crippen molar-refractivity contribution in [2.24, 2.45) is 0 Å². The van der Waals surface area contributed by atoms with E-state index >= 15 is 0 Å². The van der Waals surface area contributed by atoms with E-state index in [9.17, 15) is 13.6 Å². The lowest BCUT2D eigenvalue weighted by molar-refractivity contribution is 0.0900. The Hall–Kier alpha value is -1.49. The third-order valence-electron chi connectivity index (χ3n) is 3.78. The monoisotopic (exact) mass is 282 g/mol. The molecule has 5 heteroatoms. The fraction of sp³-hybridized carbons (Fsp3) is 0.533. The molecule has 1 saturated heterocycles. The molecule has 20 heavy (non-hydrogen) atoms. The zero-order chi connectivity index (χ0) is 14.7. The summed E-state index contributed by atoms with van der Waals surface area (Å²) in [6, 6.07) is 3.83. The predicted octanol–water partition coefficient (Wildman–Crippen LogP) is 2.57. The Balaban J connectivity index is 1.91. The van der Waals surface area contributed by atoms with Crippen molar-refractivity contribution >= 4 is 5.91 Å². The van der Waals surface area contributed by atoms with E-state index in [1.54, 1.807) is 0 Å². The first-order chi connectivity index (χ1) is 9.47. The summed E-state index contributed by atoms with van der Waals surface area (Å²) in [5.41, 5.74) is 0.162. The minimum atomic E-state index is -0.993. The molecule has 0 aromatic heterocycles. The van der Waals surface area contributed by atoms with Gasteiger partial charge in [0.15, 0.2) is 11.6 Å². The topological polar surface area (TPSA) is 32.3 Å². The highest BCUT2D eigenvalue weighted by atomic mass is 19.2. The van der Waals surface area contributed by atoms with E-state index < -0.39 is 11.6 Å². The zero-order valence-corrected chi connectivity index (χ0v) is 11.8. The van der Waals surface area contributed by atoms with Crippen LogP contribution in [0.2, 0.25) is 0 Å². The highest BCUT2D eigenvalue weighted by Gasteiger charge is 2.22. The minimum Gasteiger partial charge on any atom is -0.349 e. The Morgan fingerprint density at radius 3 is 2.45 bits per heavy atom. The first-order valence-corrected chi connectivity index (χ1v) is 6.97. The van der Waals surface area contributed by atoms with Crippen LogP contribution >= 0.6 is 0 Å². The second kappa shape index (κ2) is 6.31. The molecule has 0 unspecified atom stereocenters. The molecule has 0 atom stereocenters. The Bertz CT molecular complexity index is 483. The molecule has 110 valence electrons. The van der Waals surface area contributed by atoms with Crippen LogP contribution in [-0.4, -0.2) is 36.0 Å². The quantitative estimate of drug-likeness (QED) is 0.924. The third-order valence-corrected chi connectivity index (χ3v) is 3.78. The lowest BCUT2D eigenvalue weighted by atomic mass is 10.0. The lowest BCUT2D eigenvalue weighted by Gasteiger charge is -2.34. The SMILES string of the molecule is CC(C)N1CCC(NC(=O)c2ccc(F)c(F)c2)CC1. The second-order valence-electron chi connectivity index (χ2n) is 5.51. The number of halogens is 2. The summed E-state index contributed by atoms with van der Waals surface area (Å²) in [6.07, 6.45) is 1.77. The Morgan fingerprint density at radius 2 is 1.90 bits per heavy atom. The van der Waals surface area contributed by atoms with Crippen molar-refractivity contribution in [3.63, 3.8) is 0 Å². The minimum absolute atomic E-state index is 0.102. The van der Waals surface area contributed by atoms with Crippen LogP contribution in [-0.2, 0) is 0 Å². The highest BCUT2D eigenvalue weighted by molar-refractivity contribution is 5.94. The van der Waals surface area contributed by atoms with Gasteiger partial charge in [-0.15, -0.1) is 0 Å². The highest BCUT2D eigenvalue weighted by Crippen LogP contribution is 2.14. The first kappa shape index (κ1) is 14.9. The van der Waals surface area contributed by atoms with Crippen LogP contribution in [0.25, 0.3) is 0 Å². The molecule has 0 spiro atoms. The molecule has 1 aromatic carbocycles. The molecule has 1 fully saturated rings. The number of nitrogens with one attached hydrogen (secondary N) is 1. The third kappa shape index (κ3) is 3.54. The van der Waals surface area contributed by atoms with E-state index in [4.69, 9.17) is 0 Å². The number of piperidine rings is 1. The van der Waals surface area contributed by atoms with Gasteiger partial charge in [0.05, 0.1) is 0 Å². The van der Waals surface area contributed by atoms with Gasteiger partial charge in [-0.25, -0.2) is 8.78 Å². The number of amides is 1. The molecule has 1 N–H and O–H groups in total. The molecule has 3 nitrogen and oxygen atoms in total. The van der Waals surface area contributed by atoms with Gasteiger partial charge in [-0.1, -0.05) is 0 Å². The normalized spacial score (nSPS) is 17.4. The number of rotatable bonds is 3. The summed E-state index contributed by atoms with van der Waals surface area (Å²) < 4.78 is 25.9. The molecular weight excluding hydrogens is 262 g/mol. The molecule has 2 rings (SSSR count). The average molecular weight is 282 g/mol. The average Bonchev–Trinajstić information content (AvgIpc) is 2.42. The molecule has 0 bridgehead atoms. The van der Waals surface area contributed by atoms with Gasteiger partial charge in [0.1, 0.15) is 0 Å². The Morgan fingerprint density at radius 1 is 1.25 bits per heavy atom. The molecule has 1 aromatic rings. The predicted molar refractivity (Wildman–Crippen MR) is 73.6 cm³/mol. The van der Waals surface area contributed by atoms with Crippen LogP contribution in [0.5, 0.6) is 0 Å². The summed E-state index contributed by atoms with van der Waals surface area (Å²) >= 11 is 0. The first-order valence-electron chi connectivity index (χ1n) is 6.97. The number of carbonyl (C=O) groups is 1. The van der Waals surface area contributed by atoms with Gasteiger partial charge in [-0.3, -0.25) is 4.79 Å². The van der Waals surface area contributed by atoms with Crippen molar-refractivity contribution in [3.05, 3.63) is 35.4 Å². The maximum atomic E-state index is 13.1. The van der Waals surface area contributed by atoms with Crippen molar-refractivity contribution in [1.82, 2.24) is 10.2 Å². The van der Waals surface area contributed by atoms with Gasteiger partial charge < -0.3 is 10.2 Å². The number of likely N-dealkylation sites (tertiary alicyclic amines) is 1. The van der Waals surface area contributed by atoms with Crippen molar-refractivity contribution in [2.75, 3.05) is 13.1 Å². The van der Waals surface area contributed by atoms with Crippen molar-refractivity contribution in [3.8, 4) is 0 Å². The molecule has 1 aliphatic heterocycles. The van der Waals surface area contributed by atoms with E-state index in [2.05, 4.69) is 24.1 Å². The summed E-state index contributed by atoms with van der Waals surface area (Å²) in [7, 11) is 0. The van der Waals surface area contributed by atoms with Crippen LogP contribution in [0.3, 0.4) is 0 Å². The summed E-state index contributed by atoms with van der Waals surface area (Å²) in [6.45, 7) is 6.20. The van der Waals surface area contributed by atoms with Gasteiger partial charge in [0.2, 0.25) is 0 Å². The Labute approximate surface area is 118 Å². The number of carbonyl (C=O) groups excluding carboxylic acids is 1. The van der Waals surface area contributed by atoms with Crippen molar-refractivity contribution in [1.29, 1.82) is 0 Å². The smallest absolute Gasteiger partial charge is 0.251 e. The largest absolute Gasteiger partial charge is 0.349 e. The molecule has 0 saturated carbocycles. The van der Waals surface area contributed by atoms with E-state index in [-0.39, 0.29) is 17.5 Å². The van der Waals surface area contributed by atoms with Crippen LogP contribution in [0, 0.1) is 11.6 Å². The van der Waals surface area contributed by atoms with Crippen LogP contribution in [0.15, 0.2) is 18.2 Å². The van der Waals surface area contributed by atoms with Crippen LogP contribution < -0.4 is 5.32 Å². The van der Waals surface area contributed by atoms with Gasteiger partial charge in [0.25, 0.3) is 5.91 Å². The second-order valence-corrected chi connectivity index (χ2v) is 5.51. The zero-order valence-electron chi connectivity index (χ0n) is 11.8. The molecule has 0 radical (unpaired) electrons. The van der Waals surface area contributed by atoms with E-state index in [1.165, 1.54) is 6.07 Å². The van der Waals surface area contributed by atoms with E-state index in [0.717, 1.165) is 38.1 Å². The number of hydrogen-bond acceptors (Lipinski definition) is 2. The van der Waals surface area contributed by atoms with Crippen molar-refractivity contribution in [2.45, 2.75) is 38.8 Å². The van der Waals surface area contributed by atoms with Crippen molar-refractivity contribution < 1.29 is 13.6 Å². The molecule has 0 aliphatic carbocycles. The number of nitrogens with zero attached hydrogens (tertiary/aromatic N) is 1. The van der Waals surface area contributed by atoms with Crippen LogP contribution in [0.1, 0.15) is 37.0 Å². The van der Waals surface area contributed by atoms with E-state index in [0.29, 0.717) is 6.04 Å². The summed E-state index contributed by atoms with van der Waals surface area (Å²) in [4.78, 5) is 14.3. The number of benzene rings is 1. The lowest BCUT2D eigenvalue weighted by Crippen LogP contribution is -2.46. The fourth-order valence-electron chi connectivity index (χ4n) is 2.47. The van der Waals surface area contributed by atoms with Gasteiger partial charge in [-0.05, 0) is 44.9 Å². The number of hydrogen-bond donors (Lipinski definition) is 1. The van der Waals surface area contributed by atoms with Gasteiger partial charge in [0, 0.05) is 30.7 Å². The van der Waals surface area contributed by atoms with Gasteiger partial charge in [-0.2, -0.15) is 0 Å². The molecule has 1 amide bonds. The van der Waals surface area contributed by atoms with Crippen LogP contribution in [0.4, 0.5) is 8.78 Å². The van der Waals surface area contributed by atoms with E-state index in [1.807, 2.05) is 0 Å².